The molecule has 3 aliphatic rings. The van der Waals surface area contributed by atoms with Crippen LogP contribution in [0.5, 0.6) is 0 Å². The summed E-state index contributed by atoms with van der Waals surface area (Å²) in [5.74, 6) is 0.0342. The molecule has 0 unspecified atom stereocenters. The number of rotatable bonds is 5. The van der Waals surface area contributed by atoms with Crippen LogP contribution in [0.4, 0.5) is 10.5 Å². The molecule has 8 nitrogen and oxygen atoms in total. The van der Waals surface area contributed by atoms with Crippen LogP contribution in [0.2, 0.25) is 0 Å². The molecule has 0 atom stereocenters. The SMILES string of the molecule is O=C(CN1CN(c2ccccc2)C2(CCN(C(=O)NCc3ccccc3)CC2)C1=O)N1CCCCC1. The molecule has 2 aromatic carbocycles. The monoisotopic (exact) mass is 489 g/mol. The molecule has 0 bridgehead atoms. The van der Waals surface area contributed by atoms with E-state index in [1.807, 2.05) is 65.6 Å². The van der Waals surface area contributed by atoms with E-state index in [9.17, 15) is 14.4 Å². The molecule has 0 aliphatic carbocycles. The Labute approximate surface area is 212 Å². The fourth-order valence-electron chi connectivity index (χ4n) is 5.69. The van der Waals surface area contributed by atoms with Crippen LogP contribution < -0.4 is 10.2 Å². The van der Waals surface area contributed by atoms with Crippen molar-refractivity contribution in [3.63, 3.8) is 0 Å². The molecule has 0 saturated carbocycles. The lowest BCUT2D eigenvalue weighted by Crippen LogP contribution is -2.58. The van der Waals surface area contributed by atoms with E-state index in [4.69, 9.17) is 0 Å². The highest BCUT2D eigenvalue weighted by Crippen LogP contribution is 2.39. The third-order valence-electron chi connectivity index (χ3n) is 7.78. The number of urea groups is 1. The Morgan fingerprint density at radius 3 is 2.11 bits per heavy atom. The molecule has 8 heteroatoms. The molecule has 1 spiro atoms. The van der Waals surface area contributed by atoms with Gasteiger partial charge >= 0.3 is 6.03 Å². The number of nitrogens with one attached hydrogen (secondary N) is 1. The number of amides is 4. The number of para-hydroxylation sites is 1. The zero-order valence-electron chi connectivity index (χ0n) is 20.8. The van der Waals surface area contributed by atoms with E-state index in [1.54, 1.807) is 9.80 Å². The van der Waals surface area contributed by atoms with Crippen LogP contribution in [-0.2, 0) is 16.1 Å². The molecule has 36 heavy (non-hydrogen) atoms. The first-order valence-electron chi connectivity index (χ1n) is 13.0. The first-order chi connectivity index (χ1) is 17.6. The second-order valence-corrected chi connectivity index (χ2v) is 10.0. The van der Waals surface area contributed by atoms with Gasteiger partial charge in [0.2, 0.25) is 5.91 Å². The van der Waals surface area contributed by atoms with E-state index in [2.05, 4.69) is 10.2 Å². The van der Waals surface area contributed by atoms with E-state index < -0.39 is 5.54 Å². The summed E-state index contributed by atoms with van der Waals surface area (Å²) in [5.41, 5.74) is 1.29. The zero-order valence-corrected chi connectivity index (χ0v) is 20.8. The second-order valence-electron chi connectivity index (χ2n) is 10.0. The molecule has 1 N–H and O–H groups in total. The van der Waals surface area contributed by atoms with Crippen molar-refractivity contribution < 1.29 is 14.4 Å². The van der Waals surface area contributed by atoms with Crippen LogP contribution in [0.1, 0.15) is 37.7 Å². The van der Waals surface area contributed by atoms with Gasteiger partial charge in [-0.3, -0.25) is 9.59 Å². The normalized spacial score (nSPS) is 19.6. The number of likely N-dealkylation sites (tertiary alicyclic amines) is 2. The molecule has 190 valence electrons. The summed E-state index contributed by atoms with van der Waals surface area (Å²) in [6.07, 6.45) is 4.29. The van der Waals surface area contributed by atoms with Crippen LogP contribution in [0.25, 0.3) is 0 Å². The number of piperidine rings is 2. The lowest BCUT2D eigenvalue weighted by Gasteiger charge is -2.43. The summed E-state index contributed by atoms with van der Waals surface area (Å²) in [7, 11) is 0. The lowest BCUT2D eigenvalue weighted by molar-refractivity contribution is -0.141. The predicted molar refractivity (Wildman–Crippen MR) is 138 cm³/mol. The van der Waals surface area contributed by atoms with Gasteiger partial charge in [0.05, 0.1) is 6.67 Å². The van der Waals surface area contributed by atoms with Gasteiger partial charge in [-0.2, -0.15) is 0 Å². The van der Waals surface area contributed by atoms with Crippen molar-refractivity contribution in [2.45, 2.75) is 44.2 Å². The molecule has 0 radical (unpaired) electrons. The third-order valence-corrected chi connectivity index (χ3v) is 7.78. The molecule has 3 aliphatic heterocycles. The maximum atomic E-state index is 13.9. The van der Waals surface area contributed by atoms with Gasteiger partial charge in [-0.05, 0) is 49.8 Å². The minimum atomic E-state index is -0.736. The third kappa shape index (κ3) is 4.90. The molecule has 3 saturated heterocycles. The number of nitrogens with zero attached hydrogens (tertiary/aromatic N) is 4. The Hall–Kier alpha value is -3.55. The van der Waals surface area contributed by atoms with Crippen molar-refractivity contribution >= 4 is 23.5 Å². The Kier molecular flexibility index (Phi) is 7.11. The molecule has 3 heterocycles. The summed E-state index contributed by atoms with van der Waals surface area (Å²) in [6.45, 7) is 3.52. The molecular weight excluding hydrogens is 454 g/mol. The highest BCUT2D eigenvalue weighted by Gasteiger charge is 2.54. The standard InChI is InChI=1S/C28H35N5O3/c34-25(30-16-8-3-9-17-30)21-32-22-33(24-12-6-2-7-13-24)28(26(32)35)14-18-31(19-15-28)27(36)29-20-23-10-4-1-5-11-23/h1-2,4-7,10-13H,3,8-9,14-22H2,(H,29,36). The molecule has 2 aromatic rings. The Morgan fingerprint density at radius 1 is 0.806 bits per heavy atom. The highest BCUT2D eigenvalue weighted by atomic mass is 16.2. The van der Waals surface area contributed by atoms with Gasteiger partial charge in [-0.15, -0.1) is 0 Å². The van der Waals surface area contributed by atoms with E-state index >= 15 is 0 Å². The minimum absolute atomic E-state index is 0.000978. The smallest absolute Gasteiger partial charge is 0.317 e. The van der Waals surface area contributed by atoms with Crippen molar-refractivity contribution in [1.29, 1.82) is 0 Å². The van der Waals surface area contributed by atoms with Crippen molar-refractivity contribution in [3.8, 4) is 0 Å². The van der Waals surface area contributed by atoms with Crippen LogP contribution >= 0.6 is 0 Å². The summed E-state index contributed by atoms with van der Waals surface area (Å²) < 4.78 is 0. The van der Waals surface area contributed by atoms with Crippen LogP contribution in [0, 0.1) is 0 Å². The van der Waals surface area contributed by atoms with E-state index in [-0.39, 0.29) is 24.4 Å². The molecule has 4 amide bonds. The molecule has 5 rings (SSSR count). The van der Waals surface area contributed by atoms with Gasteiger partial charge in [-0.25, -0.2) is 4.79 Å². The van der Waals surface area contributed by atoms with E-state index in [1.165, 1.54) is 0 Å². The first-order valence-corrected chi connectivity index (χ1v) is 13.0. The van der Waals surface area contributed by atoms with Crippen molar-refractivity contribution in [2.75, 3.05) is 44.3 Å². The fourth-order valence-corrected chi connectivity index (χ4v) is 5.69. The summed E-state index contributed by atoms with van der Waals surface area (Å²) >= 11 is 0. The predicted octanol–water partition coefficient (Wildman–Crippen LogP) is 3.05. The Bertz CT molecular complexity index is 1060. The van der Waals surface area contributed by atoms with E-state index in [0.717, 1.165) is 43.6 Å². The van der Waals surface area contributed by atoms with Gasteiger partial charge in [-0.1, -0.05) is 48.5 Å². The Morgan fingerprint density at radius 2 is 1.44 bits per heavy atom. The summed E-state index contributed by atoms with van der Waals surface area (Å²) in [5, 5.41) is 3.00. The van der Waals surface area contributed by atoms with Crippen LogP contribution in [0.15, 0.2) is 60.7 Å². The van der Waals surface area contributed by atoms with Gasteiger partial charge in [0.15, 0.2) is 0 Å². The van der Waals surface area contributed by atoms with Gasteiger partial charge in [0.1, 0.15) is 12.1 Å². The first kappa shape index (κ1) is 24.2. The maximum Gasteiger partial charge on any atom is 0.317 e. The van der Waals surface area contributed by atoms with Gasteiger partial charge in [0, 0.05) is 38.4 Å². The molecule has 3 fully saturated rings. The molecular formula is C28H35N5O3. The number of hydrogen-bond acceptors (Lipinski definition) is 4. The van der Waals surface area contributed by atoms with Crippen molar-refractivity contribution in [1.82, 2.24) is 20.0 Å². The summed E-state index contributed by atoms with van der Waals surface area (Å²) in [4.78, 5) is 47.3. The van der Waals surface area contributed by atoms with Gasteiger partial charge in [0.25, 0.3) is 5.91 Å². The summed E-state index contributed by atoms with van der Waals surface area (Å²) in [6, 6.07) is 19.7. The van der Waals surface area contributed by atoms with Gasteiger partial charge < -0.3 is 24.9 Å². The number of hydrogen-bond donors (Lipinski definition) is 1. The Balaban J connectivity index is 1.27. The van der Waals surface area contributed by atoms with Crippen LogP contribution in [-0.4, -0.2) is 77.5 Å². The average molecular weight is 490 g/mol. The van der Waals surface area contributed by atoms with Crippen LogP contribution in [0.3, 0.4) is 0 Å². The quantitative estimate of drug-likeness (QED) is 0.701. The average Bonchev–Trinajstić information content (AvgIpc) is 3.19. The van der Waals surface area contributed by atoms with Crippen molar-refractivity contribution in [2.24, 2.45) is 0 Å². The second kappa shape index (κ2) is 10.6. The van der Waals surface area contributed by atoms with Crippen molar-refractivity contribution in [3.05, 3.63) is 66.2 Å². The fraction of sp³-hybridized carbons (Fsp3) is 0.464. The number of carbonyl (C=O) groups excluding carboxylic acids is 3. The topological polar surface area (TPSA) is 76.2 Å². The number of carbonyl (C=O) groups is 3. The minimum Gasteiger partial charge on any atom is -0.341 e. The zero-order chi connectivity index (χ0) is 25.0. The largest absolute Gasteiger partial charge is 0.341 e. The number of anilines is 1. The lowest BCUT2D eigenvalue weighted by atomic mass is 9.85. The number of benzene rings is 2. The maximum absolute atomic E-state index is 13.9. The van der Waals surface area contributed by atoms with E-state index in [0.29, 0.717) is 39.1 Å². The molecule has 0 aromatic heterocycles. The highest BCUT2D eigenvalue weighted by molar-refractivity contribution is 5.96.